The average Bonchev–Trinajstić information content (AvgIpc) is 2.77. The maximum atomic E-state index is 8.87. The molecule has 2 rings (SSSR count). The zero-order valence-electron chi connectivity index (χ0n) is 8.30. The van der Waals surface area contributed by atoms with Gasteiger partial charge in [0.25, 0.3) is 0 Å². The van der Waals surface area contributed by atoms with Crippen LogP contribution in [0.5, 0.6) is 5.75 Å². The van der Waals surface area contributed by atoms with E-state index in [9.17, 15) is 0 Å². The summed E-state index contributed by atoms with van der Waals surface area (Å²) in [5.41, 5.74) is 1.29. The lowest BCUT2D eigenvalue weighted by atomic mass is 10.2. The van der Waals surface area contributed by atoms with Crippen LogP contribution in [0.2, 0.25) is 0 Å². The normalized spacial score (nSPS) is 10.3. The van der Waals surface area contributed by atoms with E-state index >= 15 is 0 Å². The highest BCUT2D eigenvalue weighted by molar-refractivity contribution is 5.62. The summed E-state index contributed by atoms with van der Waals surface area (Å²) < 4.78 is 10.4. The monoisotopic (exact) mass is 205 g/mol. The molecule has 0 saturated carbocycles. The molecule has 0 amide bonds. The highest BCUT2D eigenvalue weighted by atomic mass is 16.5. The van der Waals surface area contributed by atoms with Gasteiger partial charge in [0.15, 0.2) is 0 Å². The number of hydrogen-bond acceptors (Lipinski definition) is 4. The molecular formula is C11H11NO3. The van der Waals surface area contributed by atoms with Crippen molar-refractivity contribution in [3.05, 3.63) is 36.2 Å². The fourth-order valence-corrected chi connectivity index (χ4v) is 1.32. The van der Waals surface area contributed by atoms with E-state index in [4.69, 9.17) is 14.3 Å². The summed E-state index contributed by atoms with van der Waals surface area (Å²) in [5.74, 6) is 1.15. The van der Waals surface area contributed by atoms with Crippen LogP contribution in [0.4, 0.5) is 0 Å². The van der Waals surface area contributed by atoms with E-state index < -0.39 is 0 Å². The molecule has 0 spiro atoms. The number of rotatable bonds is 3. The number of hydrogen-bond donors (Lipinski definition) is 1. The number of aliphatic hydroxyl groups is 1. The second-order valence-corrected chi connectivity index (χ2v) is 3.00. The van der Waals surface area contributed by atoms with Crippen molar-refractivity contribution < 1.29 is 14.3 Å². The Morgan fingerprint density at radius 1 is 1.40 bits per heavy atom. The number of benzene rings is 1. The zero-order valence-corrected chi connectivity index (χ0v) is 8.30. The van der Waals surface area contributed by atoms with Crippen LogP contribution >= 0.6 is 0 Å². The van der Waals surface area contributed by atoms with Crippen molar-refractivity contribution in [2.24, 2.45) is 0 Å². The van der Waals surface area contributed by atoms with Crippen molar-refractivity contribution in [3.8, 4) is 17.2 Å². The average molecular weight is 205 g/mol. The van der Waals surface area contributed by atoms with E-state index in [0.29, 0.717) is 17.3 Å². The summed E-state index contributed by atoms with van der Waals surface area (Å²) in [4.78, 5) is 4.11. The number of methoxy groups -OCH3 is 1. The van der Waals surface area contributed by atoms with Gasteiger partial charge in [0.2, 0.25) is 5.89 Å². The first-order valence-electron chi connectivity index (χ1n) is 4.54. The van der Waals surface area contributed by atoms with E-state index in [1.165, 1.54) is 6.26 Å². The predicted octanol–water partition coefficient (Wildman–Crippen LogP) is 1.84. The lowest BCUT2D eigenvalue weighted by molar-refractivity contribution is 0.276. The van der Waals surface area contributed by atoms with Gasteiger partial charge in [-0.1, -0.05) is 12.1 Å². The quantitative estimate of drug-likeness (QED) is 0.830. The van der Waals surface area contributed by atoms with Gasteiger partial charge in [-0.25, -0.2) is 4.98 Å². The molecule has 1 N–H and O–H groups in total. The van der Waals surface area contributed by atoms with Gasteiger partial charge in [-0.3, -0.25) is 0 Å². The molecule has 0 unspecified atom stereocenters. The van der Waals surface area contributed by atoms with Crippen LogP contribution in [-0.2, 0) is 6.61 Å². The number of para-hydroxylation sites is 1. The van der Waals surface area contributed by atoms with Gasteiger partial charge in [0.05, 0.1) is 19.3 Å². The van der Waals surface area contributed by atoms with Crippen LogP contribution in [0.15, 0.2) is 34.9 Å². The maximum absolute atomic E-state index is 8.87. The Labute approximate surface area is 87.1 Å². The summed E-state index contributed by atoms with van der Waals surface area (Å²) in [5, 5.41) is 8.87. The minimum absolute atomic E-state index is 0.126. The zero-order chi connectivity index (χ0) is 10.7. The van der Waals surface area contributed by atoms with Gasteiger partial charge < -0.3 is 14.3 Å². The van der Waals surface area contributed by atoms with Crippen LogP contribution in [0.1, 0.15) is 5.69 Å². The van der Waals surface area contributed by atoms with Gasteiger partial charge in [-0.05, 0) is 12.1 Å². The Morgan fingerprint density at radius 3 is 2.87 bits per heavy atom. The molecule has 0 saturated heterocycles. The lowest BCUT2D eigenvalue weighted by Gasteiger charge is -2.03. The molecule has 78 valence electrons. The van der Waals surface area contributed by atoms with E-state index in [0.717, 1.165) is 5.56 Å². The Balaban J connectivity index is 2.44. The lowest BCUT2D eigenvalue weighted by Crippen LogP contribution is -1.88. The minimum atomic E-state index is -0.126. The molecule has 0 aliphatic heterocycles. The van der Waals surface area contributed by atoms with Crippen molar-refractivity contribution in [3.63, 3.8) is 0 Å². The molecule has 0 atom stereocenters. The third-order valence-corrected chi connectivity index (χ3v) is 2.05. The van der Waals surface area contributed by atoms with Gasteiger partial charge >= 0.3 is 0 Å². The minimum Gasteiger partial charge on any atom is -0.496 e. The molecular weight excluding hydrogens is 194 g/mol. The number of ether oxygens (including phenoxy) is 1. The fourth-order valence-electron chi connectivity index (χ4n) is 1.32. The largest absolute Gasteiger partial charge is 0.496 e. The number of nitrogens with zero attached hydrogens (tertiary/aromatic N) is 1. The molecule has 4 nitrogen and oxygen atoms in total. The fraction of sp³-hybridized carbons (Fsp3) is 0.182. The van der Waals surface area contributed by atoms with Gasteiger partial charge in [0.1, 0.15) is 17.7 Å². The second kappa shape index (κ2) is 4.14. The first-order valence-corrected chi connectivity index (χ1v) is 4.54. The predicted molar refractivity (Wildman–Crippen MR) is 54.4 cm³/mol. The Bertz CT molecular complexity index is 451. The maximum Gasteiger partial charge on any atom is 0.229 e. The molecule has 1 heterocycles. The van der Waals surface area contributed by atoms with E-state index in [-0.39, 0.29) is 6.61 Å². The van der Waals surface area contributed by atoms with Crippen LogP contribution in [0.3, 0.4) is 0 Å². The number of oxazole rings is 1. The SMILES string of the molecule is COc1ccccc1-c1nc(CO)co1. The topological polar surface area (TPSA) is 55.5 Å². The second-order valence-electron chi connectivity index (χ2n) is 3.00. The molecule has 0 aliphatic rings. The molecule has 1 aromatic heterocycles. The summed E-state index contributed by atoms with van der Waals surface area (Å²) in [6, 6.07) is 7.43. The Morgan fingerprint density at radius 2 is 2.20 bits per heavy atom. The van der Waals surface area contributed by atoms with Crippen molar-refractivity contribution in [1.29, 1.82) is 0 Å². The van der Waals surface area contributed by atoms with Crippen LogP contribution in [-0.4, -0.2) is 17.2 Å². The van der Waals surface area contributed by atoms with E-state index in [1.54, 1.807) is 7.11 Å². The highest BCUT2D eigenvalue weighted by Crippen LogP contribution is 2.28. The molecule has 0 aliphatic carbocycles. The molecule has 1 aromatic carbocycles. The van der Waals surface area contributed by atoms with Crippen molar-refractivity contribution in [2.75, 3.05) is 7.11 Å². The smallest absolute Gasteiger partial charge is 0.229 e. The summed E-state index contributed by atoms with van der Waals surface area (Å²) in [6.45, 7) is -0.126. The molecule has 15 heavy (non-hydrogen) atoms. The summed E-state index contributed by atoms with van der Waals surface area (Å²) in [6.07, 6.45) is 1.43. The molecule has 4 heteroatoms. The van der Waals surface area contributed by atoms with Gasteiger partial charge in [0, 0.05) is 0 Å². The third-order valence-electron chi connectivity index (χ3n) is 2.05. The van der Waals surface area contributed by atoms with Crippen molar-refractivity contribution in [1.82, 2.24) is 4.98 Å². The summed E-state index contributed by atoms with van der Waals surface area (Å²) >= 11 is 0. The molecule has 2 aromatic rings. The first-order chi connectivity index (χ1) is 7.35. The van der Waals surface area contributed by atoms with Gasteiger partial charge in [-0.15, -0.1) is 0 Å². The van der Waals surface area contributed by atoms with Crippen molar-refractivity contribution >= 4 is 0 Å². The number of aliphatic hydroxyl groups excluding tert-OH is 1. The Hall–Kier alpha value is -1.81. The highest BCUT2D eigenvalue weighted by Gasteiger charge is 2.10. The Kier molecular flexibility index (Phi) is 2.69. The van der Waals surface area contributed by atoms with Crippen LogP contribution in [0, 0.1) is 0 Å². The van der Waals surface area contributed by atoms with E-state index in [2.05, 4.69) is 4.98 Å². The third kappa shape index (κ3) is 1.85. The summed E-state index contributed by atoms with van der Waals surface area (Å²) in [7, 11) is 1.59. The molecule has 0 radical (unpaired) electrons. The van der Waals surface area contributed by atoms with Crippen molar-refractivity contribution in [2.45, 2.75) is 6.61 Å². The number of aromatic nitrogens is 1. The molecule has 0 fully saturated rings. The van der Waals surface area contributed by atoms with Crippen LogP contribution < -0.4 is 4.74 Å². The molecule has 0 bridgehead atoms. The van der Waals surface area contributed by atoms with E-state index in [1.807, 2.05) is 24.3 Å². The van der Waals surface area contributed by atoms with Crippen LogP contribution in [0.25, 0.3) is 11.5 Å². The standard InChI is InChI=1S/C11H11NO3/c1-14-10-5-3-2-4-9(10)11-12-8(6-13)7-15-11/h2-5,7,13H,6H2,1H3. The first kappa shape index (κ1) is 9.73. The van der Waals surface area contributed by atoms with Gasteiger partial charge in [-0.2, -0.15) is 0 Å².